The number of phenols is 1. The van der Waals surface area contributed by atoms with E-state index in [-0.39, 0.29) is 17.7 Å². The molecule has 1 atom stereocenters. The third kappa shape index (κ3) is 3.77. The van der Waals surface area contributed by atoms with E-state index in [2.05, 4.69) is 0 Å². The first-order valence-electron chi connectivity index (χ1n) is 8.96. The summed E-state index contributed by atoms with van der Waals surface area (Å²) in [4.78, 5) is 15.1. The number of carbonyl (C=O) groups is 1. The minimum absolute atomic E-state index is 0.00240. The monoisotopic (exact) mass is 355 g/mol. The number of nitrogens with zero attached hydrogens (tertiary/aromatic N) is 1. The highest BCUT2D eigenvalue weighted by Gasteiger charge is 2.29. The molecule has 1 N–H and O–H groups in total. The van der Waals surface area contributed by atoms with E-state index in [0.29, 0.717) is 17.9 Å². The lowest BCUT2D eigenvalue weighted by atomic mass is 9.99. The van der Waals surface area contributed by atoms with Crippen LogP contribution in [0.1, 0.15) is 47.6 Å². The maximum atomic E-state index is 13.2. The highest BCUT2D eigenvalue weighted by Crippen LogP contribution is 2.34. The fourth-order valence-corrected chi connectivity index (χ4v) is 3.50. The smallest absolute Gasteiger partial charge is 0.258 e. The Morgan fingerprint density at radius 2 is 1.69 bits per heavy atom. The second kappa shape index (κ2) is 8.13. The van der Waals surface area contributed by atoms with Gasteiger partial charge < -0.3 is 19.5 Å². The van der Waals surface area contributed by atoms with Crippen LogP contribution in [-0.4, -0.2) is 36.7 Å². The lowest BCUT2D eigenvalue weighted by Crippen LogP contribution is -2.34. The van der Waals surface area contributed by atoms with Gasteiger partial charge in [0, 0.05) is 12.6 Å². The Labute approximate surface area is 154 Å². The molecule has 1 saturated heterocycles. The van der Waals surface area contributed by atoms with Crippen LogP contribution in [0, 0.1) is 0 Å². The molecule has 0 radical (unpaired) electrons. The Balaban J connectivity index is 1.91. The van der Waals surface area contributed by atoms with E-state index in [1.807, 2.05) is 29.2 Å². The summed E-state index contributed by atoms with van der Waals surface area (Å²) in [5, 5.41) is 10.3. The Morgan fingerprint density at radius 3 is 2.35 bits per heavy atom. The minimum Gasteiger partial charge on any atom is -0.507 e. The Morgan fingerprint density at radius 1 is 1.00 bits per heavy atom. The molecular weight excluding hydrogens is 330 g/mol. The van der Waals surface area contributed by atoms with Crippen molar-refractivity contribution in [1.82, 2.24) is 4.90 Å². The second-order valence-electron chi connectivity index (χ2n) is 6.52. The normalized spacial score (nSPS) is 17.5. The molecule has 0 bridgehead atoms. The number of benzene rings is 2. The van der Waals surface area contributed by atoms with Crippen molar-refractivity contribution >= 4 is 5.91 Å². The van der Waals surface area contributed by atoms with Gasteiger partial charge in [0.1, 0.15) is 17.2 Å². The molecule has 0 aliphatic carbocycles. The molecule has 5 heteroatoms. The summed E-state index contributed by atoms with van der Waals surface area (Å²) in [6, 6.07) is 12.7. The van der Waals surface area contributed by atoms with E-state index >= 15 is 0 Å². The third-order valence-electron chi connectivity index (χ3n) is 4.95. The van der Waals surface area contributed by atoms with Crippen molar-refractivity contribution in [3.05, 3.63) is 53.6 Å². The molecule has 0 saturated carbocycles. The first-order chi connectivity index (χ1) is 12.6. The molecule has 1 unspecified atom stereocenters. The number of amides is 1. The van der Waals surface area contributed by atoms with E-state index in [1.54, 1.807) is 19.2 Å². The number of hydrogen-bond acceptors (Lipinski definition) is 4. The molecule has 1 amide bonds. The molecule has 5 nitrogen and oxygen atoms in total. The summed E-state index contributed by atoms with van der Waals surface area (Å²) < 4.78 is 10.3. The van der Waals surface area contributed by atoms with Crippen LogP contribution in [0.15, 0.2) is 42.5 Å². The van der Waals surface area contributed by atoms with Crippen molar-refractivity contribution < 1.29 is 19.4 Å². The Hall–Kier alpha value is -2.69. The van der Waals surface area contributed by atoms with E-state index in [0.717, 1.165) is 37.0 Å². The number of rotatable bonds is 4. The average molecular weight is 355 g/mol. The second-order valence-corrected chi connectivity index (χ2v) is 6.52. The highest BCUT2D eigenvalue weighted by molar-refractivity contribution is 5.97. The van der Waals surface area contributed by atoms with E-state index in [1.165, 1.54) is 13.2 Å². The van der Waals surface area contributed by atoms with Gasteiger partial charge >= 0.3 is 0 Å². The van der Waals surface area contributed by atoms with Gasteiger partial charge in [-0.05, 0) is 42.7 Å². The lowest BCUT2D eigenvalue weighted by Gasteiger charge is -2.31. The van der Waals surface area contributed by atoms with Crippen LogP contribution in [0.25, 0.3) is 0 Å². The number of ether oxygens (including phenoxy) is 2. The van der Waals surface area contributed by atoms with Crippen molar-refractivity contribution in [2.75, 3.05) is 20.8 Å². The number of methoxy groups -OCH3 is 2. The van der Waals surface area contributed by atoms with Gasteiger partial charge in [-0.1, -0.05) is 25.0 Å². The van der Waals surface area contributed by atoms with Gasteiger partial charge in [-0.25, -0.2) is 0 Å². The molecule has 1 aliphatic rings. The van der Waals surface area contributed by atoms with Crippen LogP contribution < -0.4 is 9.47 Å². The summed E-state index contributed by atoms with van der Waals surface area (Å²) in [7, 11) is 3.17. The van der Waals surface area contributed by atoms with Gasteiger partial charge in [-0.3, -0.25) is 4.79 Å². The summed E-state index contributed by atoms with van der Waals surface area (Å²) in [6.07, 6.45) is 4.06. The quantitative estimate of drug-likeness (QED) is 0.894. The molecule has 1 aliphatic heterocycles. The molecule has 1 fully saturated rings. The SMILES string of the molecule is COc1ccc(C2CCCCCN2C(=O)c2ccc(OC)cc2O)cc1. The predicted molar refractivity (Wildman–Crippen MR) is 99.9 cm³/mol. The highest BCUT2D eigenvalue weighted by atomic mass is 16.5. The van der Waals surface area contributed by atoms with Gasteiger partial charge in [0.2, 0.25) is 0 Å². The molecule has 0 aromatic heterocycles. The summed E-state index contributed by atoms with van der Waals surface area (Å²) >= 11 is 0. The van der Waals surface area contributed by atoms with E-state index < -0.39 is 0 Å². The zero-order valence-corrected chi connectivity index (χ0v) is 15.3. The Bertz CT molecular complexity index is 757. The summed E-state index contributed by atoms with van der Waals surface area (Å²) in [6.45, 7) is 0.682. The van der Waals surface area contributed by atoms with Gasteiger partial charge in [-0.15, -0.1) is 0 Å². The fraction of sp³-hybridized carbons (Fsp3) is 0.381. The number of likely N-dealkylation sites (tertiary alicyclic amines) is 1. The van der Waals surface area contributed by atoms with Crippen molar-refractivity contribution in [2.45, 2.75) is 31.7 Å². The standard InChI is InChI=1S/C21H25NO4/c1-25-16-9-7-15(8-10-16)19-6-4-3-5-13-22(19)21(24)18-12-11-17(26-2)14-20(18)23/h7-12,14,19,23H,3-6,13H2,1-2H3. The van der Waals surface area contributed by atoms with Crippen LogP contribution in [0.3, 0.4) is 0 Å². The van der Waals surface area contributed by atoms with Crippen molar-refractivity contribution in [1.29, 1.82) is 0 Å². The number of aromatic hydroxyl groups is 1. The predicted octanol–water partition coefficient (Wildman–Crippen LogP) is 4.17. The molecule has 1 heterocycles. The molecule has 26 heavy (non-hydrogen) atoms. The zero-order valence-electron chi connectivity index (χ0n) is 15.3. The molecular formula is C21H25NO4. The third-order valence-corrected chi connectivity index (χ3v) is 4.95. The van der Waals surface area contributed by atoms with Crippen LogP contribution >= 0.6 is 0 Å². The Kier molecular flexibility index (Phi) is 5.66. The maximum Gasteiger partial charge on any atom is 0.258 e. The minimum atomic E-state index is -0.145. The van der Waals surface area contributed by atoms with E-state index in [4.69, 9.17) is 9.47 Å². The average Bonchev–Trinajstić information content (AvgIpc) is 2.93. The topological polar surface area (TPSA) is 59.0 Å². The van der Waals surface area contributed by atoms with Gasteiger partial charge in [-0.2, -0.15) is 0 Å². The van der Waals surface area contributed by atoms with Crippen molar-refractivity contribution in [3.63, 3.8) is 0 Å². The number of phenolic OH excluding ortho intramolecular Hbond substituents is 1. The molecule has 2 aromatic rings. The zero-order chi connectivity index (χ0) is 18.5. The van der Waals surface area contributed by atoms with Gasteiger partial charge in [0.25, 0.3) is 5.91 Å². The van der Waals surface area contributed by atoms with Crippen LogP contribution in [0.5, 0.6) is 17.2 Å². The maximum absolute atomic E-state index is 13.2. The largest absolute Gasteiger partial charge is 0.507 e. The van der Waals surface area contributed by atoms with Crippen molar-refractivity contribution in [3.8, 4) is 17.2 Å². The molecule has 0 spiro atoms. The lowest BCUT2D eigenvalue weighted by molar-refractivity contribution is 0.0678. The van der Waals surface area contributed by atoms with Gasteiger partial charge in [0.05, 0.1) is 25.8 Å². The number of hydrogen-bond donors (Lipinski definition) is 1. The molecule has 138 valence electrons. The van der Waals surface area contributed by atoms with Crippen LogP contribution in [0.4, 0.5) is 0 Å². The first kappa shape index (κ1) is 18.1. The van der Waals surface area contributed by atoms with Gasteiger partial charge in [0.15, 0.2) is 0 Å². The van der Waals surface area contributed by atoms with E-state index in [9.17, 15) is 9.90 Å². The fourth-order valence-electron chi connectivity index (χ4n) is 3.50. The summed E-state index contributed by atoms with van der Waals surface area (Å²) in [5.41, 5.74) is 1.40. The van der Waals surface area contributed by atoms with Crippen LogP contribution in [-0.2, 0) is 0 Å². The van der Waals surface area contributed by atoms with Crippen LogP contribution in [0.2, 0.25) is 0 Å². The van der Waals surface area contributed by atoms with Crippen molar-refractivity contribution in [2.24, 2.45) is 0 Å². The molecule has 2 aromatic carbocycles. The molecule has 3 rings (SSSR count). The number of carbonyl (C=O) groups excluding carboxylic acids is 1. The summed E-state index contributed by atoms with van der Waals surface area (Å²) in [5.74, 6) is 1.13. The first-order valence-corrected chi connectivity index (χ1v) is 8.96.